The molecule has 2 atom stereocenters. The molecule has 172 valence electrons. The van der Waals surface area contributed by atoms with Crippen LogP contribution in [0.4, 0.5) is 0 Å². The number of methoxy groups -OCH3 is 1. The van der Waals surface area contributed by atoms with E-state index >= 15 is 0 Å². The highest BCUT2D eigenvalue weighted by atomic mass is 16.5. The summed E-state index contributed by atoms with van der Waals surface area (Å²) in [4.78, 5) is 13.9. The third kappa shape index (κ3) is 5.16. The van der Waals surface area contributed by atoms with Gasteiger partial charge < -0.3 is 24.1 Å². The van der Waals surface area contributed by atoms with E-state index in [9.17, 15) is 9.90 Å². The van der Waals surface area contributed by atoms with Crippen molar-refractivity contribution in [3.63, 3.8) is 0 Å². The topological polar surface area (TPSA) is 77.5 Å². The van der Waals surface area contributed by atoms with Crippen LogP contribution < -0.4 is 18.9 Å². The largest absolute Gasteiger partial charge is 0.493 e. The standard InChI is InChI=1S/C25H31NO6/c1-17(27)18-6-8-22(24(13-18)29-2)32-16-20(28)15-26-10-3-5-21(26)19-7-9-23-25(14-19)31-12-4-11-30-23/h6-9,13-14,20-21,28H,3-5,10-12,15-16H2,1-2H3/t20-,21-/m0/s1. The Morgan fingerprint density at radius 1 is 1.12 bits per heavy atom. The summed E-state index contributed by atoms with van der Waals surface area (Å²) in [6.45, 7) is 4.42. The number of hydrogen-bond acceptors (Lipinski definition) is 7. The van der Waals surface area contributed by atoms with Gasteiger partial charge >= 0.3 is 0 Å². The zero-order valence-corrected chi connectivity index (χ0v) is 18.7. The van der Waals surface area contributed by atoms with E-state index in [0.717, 1.165) is 37.3 Å². The van der Waals surface area contributed by atoms with E-state index in [1.807, 2.05) is 6.07 Å². The van der Waals surface area contributed by atoms with Gasteiger partial charge in [-0.25, -0.2) is 0 Å². The molecule has 7 heteroatoms. The Hall–Kier alpha value is -2.77. The van der Waals surface area contributed by atoms with Gasteiger partial charge in [-0.05, 0) is 62.2 Å². The van der Waals surface area contributed by atoms with Gasteiger partial charge in [0.25, 0.3) is 0 Å². The second kappa shape index (κ2) is 10.2. The Balaban J connectivity index is 1.37. The van der Waals surface area contributed by atoms with Gasteiger partial charge in [0, 0.05) is 24.6 Å². The van der Waals surface area contributed by atoms with Gasteiger partial charge in [-0.3, -0.25) is 9.69 Å². The van der Waals surface area contributed by atoms with Gasteiger partial charge in [0.05, 0.1) is 20.3 Å². The van der Waals surface area contributed by atoms with Crippen molar-refractivity contribution in [3.8, 4) is 23.0 Å². The highest BCUT2D eigenvalue weighted by Crippen LogP contribution is 2.38. The molecular weight excluding hydrogens is 410 g/mol. The van der Waals surface area contributed by atoms with Crippen LogP contribution in [0, 0.1) is 0 Å². The van der Waals surface area contributed by atoms with Crippen molar-refractivity contribution < 1.29 is 28.8 Å². The molecule has 1 fully saturated rings. The average molecular weight is 442 g/mol. The van der Waals surface area contributed by atoms with E-state index in [1.165, 1.54) is 19.6 Å². The lowest BCUT2D eigenvalue weighted by Crippen LogP contribution is -2.35. The quantitative estimate of drug-likeness (QED) is 0.627. The molecule has 0 unspecified atom stereocenters. The molecule has 1 N–H and O–H groups in total. The van der Waals surface area contributed by atoms with Gasteiger partial charge in [0.15, 0.2) is 28.8 Å². The van der Waals surface area contributed by atoms with Crippen LogP contribution in [-0.4, -0.2) is 61.9 Å². The number of carbonyl (C=O) groups is 1. The number of fused-ring (bicyclic) bond motifs is 1. The Morgan fingerprint density at radius 3 is 2.72 bits per heavy atom. The van der Waals surface area contributed by atoms with Crippen molar-refractivity contribution in [1.82, 2.24) is 4.90 Å². The summed E-state index contributed by atoms with van der Waals surface area (Å²) in [6.07, 6.45) is 2.34. The number of hydrogen-bond donors (Lipinski definition) is 1. The fraction of sp³-hybridized carbons (Fsp3) is 0.480. The molecule has 0 amide bonds. The van der Waals surface area contributed by atoms with E-state index in [0.29, 0.717) is 36.8 Å². The van der Waals surface area contributed by atoms with Crippen molar-refractivity contribution in [1.29, 1.82) is 0 Å². The number of β-amino-alcohol motifs (C(OH)–C–C–N with tert-alkyl or cyclic N) is 1. The minimum absolute atomic E-state index is 0.0373. The Bertz CT molecular complexity index is 946. The second-order valence-corrected chi connectivity index (χ2v) is 8.30. The maximum atomic E-state index is 11.6. The van der Waals surface area contributed by atoms with Crippen LogP contribution in [0.25, 0.3) is 0 Å². The number of nitrogens with zero attached hydrogens (tertiary/aromatic N) is 1. The number of Topliss-reactive ketones (excluding diaryl/α,β-unsaturated/α-hetero) is 1. The monoisotopic (exact) mass is 441 g/mol. The maximum Gasteiger partial charge on any atom is 0.161 e. The van der Waals surface area contributed by atoms with Crippen LogP contribution in [-0.2, 0) is 0 Å². The fourth-order valence-electron chi connectivity index (χ4n) is 4.32. The molecule has 7 nitrogen and oxygen atoms in total. The number of carbonyl (C=O) groups excluding carboxylic acids is 1. The molecule has 0 spiro atoms. The summed E-state index contributed by atoms with van der Waals surface area (Å²) in [7, 11) is 1.53. The third-order valence-corrected chi connectivity index (χ3v) is 5.97. The van der Waals surface area contributed by atoms with Crippen molar-refractivity contribution >= 4 is 5.78 Å². The van der Waals surface area contributed by atoms with Gasteiger partial charge in [-0.15, -0.1) is 0 Å². The lowest BCUT2D eigenvalue weighted by molar-refractivity contribution is 0.0628. The molecule has 1 saturated heterocycles. The normalized spacial score (nSPS) is 19.3. The van der Waals surface area contributed by atoms with Crippen molar-refractivity contribution in [2.75, 3.05) is 40.0 Å². The van der Waals surface area contributed by atoms with Crippen LogP contribution in [0.3, 0.4) is 0 Å². The summed E-state index contributed by atoms with van der Waals surface area (Å²) in [5.41, 5.74) is 1.74. The van der Waals surface area contributed by atoms with Gasteiger partial charge in [-0.2, -0.15) is 0 Å². The van der Waals surface area contributed by atoms with E-state index in [-0.39, 0.29) is 18.4 Å². The molecule has 0 radical (unpaired) electrons. The summed E-state index contributed by atoms with van der Waals surface area (Å²) < 4.78 is 22.8. The van der Waals surface area contributed by atoms with Crippen LogP contribution in [0.1, 0.15) is 48.1 Å². The third-order valence-electron chi connectivity index (χ3n) is 5.97. The Kier molecular flexibility index (Phi) is 7.17. The summed E-state index contributed by atoms with van der Waals surface area (Å²) >= 11 is 0. The average Bonchev–Trinajstić information content (AvgIpc) is 3.12. The van der Waals surface area contributed by atoms with Crippen molar-refractivity contribution in [2.45, 2.75) is 38.3 Å². The number of ketones is 1. The lowest BCUT2D eigenvalue weighted by Gasteiger charge is -2.27. The molecule has 2 aliphatic heterocycles. The first-order valence-corrected chi connectivity index (χ1v) is 11.2. The van der Waals surface area contributed by atoms with Gasteiger partial charge in [0.1, 0.15) is 12.7 Å². The summed E-state index contributed by atoms with van der Waals surface area (Å²) in [5.74, 6) is 2.56. The van der Waals surface area contributed by atoms with Crippen LogP contribution in [0.15, 0.2) is 36.4 Å². The molecule has 2 aromatic rings. The maximum absolute atomic E-state index is 11.6. The van der Waals surface area contributed by atoms with Crippen molar-refractivity contribution in [2.24, 2.45) is 0 Å². The number of ether oxygens (including phenoxy) is 4. The van der Waals surface area contributed by atoms with E-state index in [1.54, 1.807) is 18.2 Å². The highest BCUT2D eigenvalue weighted by molar-refractivity contribution is 5.94. The molecule has 2 heterocycles. The molecule has 0 aliphatic carbocycles. The van der Waals surface area contributed by atoms with Gasteiger partial charge in [-0.1, -0.05) is 6.07 Å². The molecule has 4 rings (SSSR count). The van der Waals surface area contributed by atoms with Crippen LogP contribution in [0.2, 0.25) is 0 Å². The second-order valence-electron chi connectivity index (χ2n) is 8.30. The lowest BCUT2D eigenvalue weighted by atomic mass is 10.0. The van der Waals surface area contributed by atoms with Crippen LogP contribution in [0.5, 0.6) is 23.0 Å². The predicted molar refractivity (Wildman–Crippen MR) is 120 cm³/mol. The fourth-order valence-corrected chi connectivity index (χ4v) is 4.32. The van der Waals surface area contributed by atoms with E-state index < -0.39 is 6.10 Å². The molecule has 0 bridgehead atoms. The smallest absolute Gasteiger partial charge is 0.161 e. The molecular formula is C25H31NO6. The first-order chi connectivity index (χ1) is 15.5. The Morgan fingerprint density at radius 2 is 1.94 bits per heavy atom. The first-order valence-electron chi connectivity index (χ1n) is 11.2. The minimum Gasteiger partial charge on any atom is -0.493 e. The number of benzene rings is 2. The summed E-state index contributed by atoms with van der Waals surface area (Å²) in [6, 6.07) is 11.5. The first kappa shape index (κ1) is 22.4. The summed E-state index contributed by atoms with van der Waals surface area (Å²) in [5, 5.41) is 10.7. The molecule has 0 saturated carbocycles. The number of likely N-dealkylation sites (tertiary alicyclic amines) is 1. The molecule has 2 aliphatic rings. The number of aliphatic hydroxyl groups is 1. The predicted octanol–water partition coefficient (Wildman–Crippen LogP) is 3.64. The highest BCUT2D eigenvalue weighted by Gasteiger charge is 2.29. The zero-order chi connectivity index (χ0) is 22.5. The van der Waals surface area contributed by atoms with E-state index in [2.05, 4.69) is 17.0 Å². The molecule has 2 aromatic carbocycles. The number of aliphatic hydroxyl groups excluding tert-OH is 1. The zero-order valence-electron chi connectivity index (χ0n) is 18.7. The van der Waals surface area contributed by atoms with E-state index in [4.69, 9.17) is 18.9 Å². The van der Waals surface area contributed by atoms with Crippen LogP contribution >= 0.6 is 0 Å². The molecule has 0 aromatic heterocycles. The van der Waals surface area contributed by atoms with Gasteiger partial charge in [0.2, 0.25) is 0 Å². The Labute approximate surface area is 188 Å². The van der Waals surface area contributed by atoms with Crippen molar-refractivity contribution in [3.05, 3.63) is 47.5 Å². The minimum atomic E-state index is -0.659. The molecule has 32 heavy (non-hydrogen) atoms. The number of rotatable bonds is 8. The SMILES string of the molecule is COc1cc(C(C)=O)ccc1OC[C@@H](O)CN1CCC[C@H]1c1ccc2c(c1)OCCCO2.